The van der Waals surface area contributed by atoms with Gasteiger partial charge in [-0.2, -0.15) is 0 Å². The Kier molecular flexibility index (Phi) is 4.18. The third-order valence-corrected chi connectivity index (χ3v) is 4.01. The predicted octanol–water partition coefficient (Wildman–Crippen LogP) is 0.704. The van der Waals surface area contributed by atoms with Crippen molar-refractivity contribution in [3.05, 3.63) is 23.3 Å². The van der Waals surface area contributed by atoms with Gasteiger partial charge in [0.25, 0.3) is 0 Å². The molecular formula is C16H20N2O4. The van der Waals surface area contributed by atoms with Crippen molar-refractivity contribution in [3.63, 3.8) is 0 Å². The summed E-state index contributed by atoms with van der Waals surface area (Å²) in [7, 11) is 0. The van der Waals surface area contributed by atoms with Gasteiger partial charge in [-0.15, -0.1) is 0 Å². The minimum Gasteiger partial charge on any atom is -0.486 e. The molecule has 6 heteroatoms. The maximum Gasteiger partial charge on any atom is 0.242 e. The summed E-state index contributed by atoms with van der Waals surface area (Å²) in [5.74, 6) is 1.38. The Hall–Kier alpha value is -2.24. The van der Waals surface area contributed by atoms with Crippen LogP contribution in [-0.4, -0.2) is 37.6 Å². The molecule has 6 nitrogen and oxygen atoms in total. The fourth-order valence-electron chi connectivity index (χ4n) is 2.76. The van der Waals surface area contributed by atoms with Crippen LogP contribution in [0.4, 0.5) is 0 Å². The van der Waals surface area contributed by atoms with Crippen LogP contribution < -0.4 is 20.1 Å². The van der Waals surface area contributed by atoms with Gasteiger partial charge >= 0.3 is 0 Å². The van der Waals surface area contributed by atoms with Crippen LogP contribution in [-0.2, 0) is 16.0 Å². The summed E-state index contributed by atoms with van der Waals surface area (Å²) in [6, 6.07) is 3.57. The molecule has 1 fully saturated rings. The molecule has 0 aliphatic carbocycles. The van der Waals surface area contributed by atoms with E-state index in [9.17, 15) is 9.59 Å². The molecule has 118 valence electrons. The van der Waals surface area contributed by atoms with Gasteiger partial charge in [-0.1, -0.05) is 0 Å². The number of nitrogens with one attached hydrogen (secondary N) is 2. The fraction of sp³-hybridized carbons (Fsp3) is 0.500. The van der Waals surface area contributed by atoms with E-state index in [1.807, 2.05) is 19.1 Å². The molecule has 2 aliphatic heterocycles. The Morgan fingerprint density at radius 3 is 2.73 bits per heavy atom. The maximum atomic E-state index is 11.9. The monoisotopic (exact) mass is 304 g/mol. The van der Waals surface area contributed by atoms with Gasteiger partial charge < -0.3 is 20.1 Å². The van der Waals surface area contributed by atoms with E-state index in [2.05, 4.69) is 10.6 Å². The molecule has 1 atom stereocenters. The first-order valence-corrected chi connectivity index (χ1v) is 7.59. The van der Waals surface area contributed by atoms with E-state index in [0.717, 1.165) is 29.0 Å². The van der Waals surface area contributed by atoms with Crippen molar-refractivity contribution >= 4 is 11.8 Å². The molecule has 0 radical (unpaired) electrons. The van der Waals surface area contributed by atoms with Crippen LogP contribution in [0.3, 0.4) is 0 Å². The number of hydrogen-bond donors (Lipinski definition) is 2. The Balaban J connectivity index is 1.55. The van der Waals surface area contributed by atoms with Crippen molar-refractivity contribution in [1.82, 2.24) is 10.6 Å². The van der Waals surface area contributed by atoms with Crippen LogP contribution in [0.25, 0.3) is 0 Å². The Morgan fingerprint density at radius 1 is 1.32 bits per heavy atom. The summed E-state index contributed by atoms with van der Waals surface area (Å²) < 4.78 is 11.1. The highest BCUT2D eigenvalue weighted by molar-refractivity contribution is 5.90. The molecule has 0 bridgehead atoms. The van der Waals surface area contributed by atoms with Gasteiger partial charge in [0, 0.05) is 13.0 Å². The summed E-state index contributed by atoms with van der Waals surface area (Å²) in [6.45, 7) is 3.70. The average Bonchev–Trinajstić information content (AvgIpc) is 2.94. The van der Waals surface area contributed by atoms with Crippen LogP contribution >= 0.6 is 0 Å². The lowest BCUT2D eigenvalue weighted by Crippen LogP contribution is -2.42. The van der Waals surface area contributed by atoms with Gasteiger partial charge in [-0.3, -0.25) is 9.59 Å². The van der Waals surface area contributed by atoms with E-state index in [-0.39, 0.29) is 17.9 Å². The molecule has 2 heterocycles. The molecule has 3 rings (SSSR count). The van der Waals surface area contributed by atoms with Gasteiger partial charge in [-0.25, -0.2) is 0 Å². The first kappa shape index (κ1) is 14.7. The molecule has 1 saturated heterocycles. The molecule has 2 amide bonds. The molecule has 22 heavy (non-hydrogen) atoms. The second-order valence-electron chi connectivity index (χ2n) is 5.62. The molecule has 0 saturated carbocycles. The number of carbonyl (C=O) groups is 2. The third kappa shape index (κ3) is 3.16. The van der Waals surface area contributed by atoms with Crippen LogP contribution in [0.1, 0.15) is 24.0 Å². The highest BCUT2D eigenvalue weighted by Crippen LogP contribution is 2.33. The van der Waals surface area contributed by atoms with Crippen LogP contribution in [0.5, 0.6) is 11.5 Å². The Bertz CT molecular complexity index is 600. The van der Waals surface area contributed by atoms with Crippen molar-refractivity contribution in [2.24, 2.45) is 0 Å². The highest BCUT2D eigenvalue weighted by atomic mass is 16.6. The number of fused-ring (bicyclic) bond motifs is 1. The summed E-state index contributed by atoms with van der Waals surface area (Å²) in [6.07, 6.45) is 1.72. The van der Waals surface area contributed by atoms with Crippen molar-refractivity contribution in [3.8, 4) is 11.5 Å². The van der Waals surface area contributed by atoms with E-state index in [1.54, 1.807) is 0 Å². The Labute approximate surface area is 129 Å². The number of hydrogen-bond acceptors (Lipinski definition) is 4. The fourth-order valence-corrected chi connectivity index (χ4v) is 2.76. The number of carbonyl (C=O) groups excluding carboxylic acids is 2. The van der Waals surface area contributed by atoms with Crippen molar-refractivity contribution < 1.29 is 19.1 Å². The van der Waals surface area contributed by atoms with Crippen LogP contribution in [0.2, 0.25) is 0 Å². The second-order valence-corrected chi connectivity index (χ2v) is 5.62. The lowest BCUT2D eigenvalue weighted by molar-refractivity contribution is -0.125. The number of ether oxygens (including phenoxy) is 2. The van der Waals surface area contributed by atoms with Gasteiger partial charge in [0.05, 0.1) is 0 Å². The zero-order valence-corrected chi connectivity index (χ0v) is 12.6. The van der Waals surface area contributed by atoms with Crippen LogP contribution in [0, 0.1) is 6.92 Å². The Morgan fingerprint density at radius 2 is 2.05 bits per heavy atom. The maximum absolute atomic E-state index is 11.9. The van der Waals surface area contributed by atoms with Crippen molar-refractivity contribution in [2.75, 3.05) is 19.8 Å². The summed E-state index contributed by atoms with van der Waals surface area (Å²) in [4.78, 5) is 23.0. The molecule has 0 spiro atoms. The minimum absolute atomic E-state index is 0.0529. The van der Waals surface area contributed by atoms with Gasteiger partial charge in [0.15, 0.2) is 11.5 Å². The lowest BCUT2D eigenvalue weighted by atomic mass is 10.0. The molecule has 1 unspecified atom stereocenters. The standard InChI is InChI=1S/C16H20N2O4/c1-10-8-13-14(22-7-6-21-13)9-11(10)4-5-17-16(20)12-2-3-15(19)18-12/h8-9,12H,2-7H2,1H3,(H,17,20)(H,18,19). The van der Waals surface area contributed by atoms with E-state index >= 15 is 0 Å². The molecular weight excluding hydrogens is 284 g/mol. The van der Waals surface area contributed by atoms with E-state index in [1.165, 1.54) is 0 Å². The predicted molar refractivity (Wildman–Crippen MR) is 80.0 cm³/mol. The quantitative estimate of drug-likeness (QED) is 0.858. The van der Waals surface area contributed by atoms with Gasteiger partial charge in [-0.05, 0) is 43.0 Å². The smallest absolute Gasteiger partial charge is 0.242 e. The van der Waals surface area contributed by atoms with Crippen molar-refractivity contribution in [1.29, 1.82) is 0 Å². The van der Waals surface area contributed by atoms with E-state index in [4.69, 9.17) is 9.47 Å². The highest BCUT2D eigenvalue weighted by Gasteiger charge is 2.26. The zero-order valence-electron chi connectivity index (χ0n) is 12.6. The lowest BCUT2D eigenvalue weighted by Gasteiger charge is -2.20. The molecule has 2 aliphatic rings. The summed E-state index contributed by atoms with van der Waals surface area (Å²) in [5, 5.41) is 5.54. The number of rotatable bonds is 4. The molecule has 2 N–H and O–H groups in total. The third-order valence-electron chi connectivity index (χ3n) is 4.01. The number of benzene rings is 1. The van der Waals surface area contributed by atoms with Crippen LogP contribution in [0.15, 0.2) is 12.1 Å². The summed E-state index contributed by atoms with van der Waals surface area (Å²) >= 11 is 0. The molecule has 1 aromatic carbocycles. The van der Waals surface area contributed by atoms with Crippen molar-refractivity contribution in [2.45, 2.75) is 32.2 Å². The van der Waals surface area contributed by atoms with Gasteiger partial charge in [0.1, 0.15) is 19.3 Å². The normalized spacial score (nSPS) is 19.7. The molecule has 0 aromatic heterocycles. The van der Waals surface area contributed by atoms with E-state index in [0.29, 0.717) is 32.6 Å². The summed E-state index contributed by atoms with van der Waals surface area (Å²) in [5.41, 5.74) is 2.24. The average molecular weight is 304 g/mol. The second kappa shape index (κ2) is 6.25. The SMILES string of the molecule is Cc1cc2c(cc1CCNC(=O)C1CCC(=O)N1)OCCO2. The number of aryl methyl sites for hydroxylation is 1. The zero-order chi connectivity index (χ0) is 15.5. The van der Waals surface area contributed by atoms with Gasteiger partial charge in [0.2, 0.25) is 11.8 Å². The molecule has 1 aromatic rings. The largest absolute Gasteiger partial charge is 0.486 e. The topological polar surface area (TPSA) is 76.7 Å². The minimum atomic E-state index is -0.381. The first-order valence-electron chi connectivity index (χ1n) is 7.59. The number of amides is 2. The van der Waals surface area contributed by atoms with E-state index < -0.39 is 0 Å². The first-order chi connectivity index (χ1) is 10.6.